The molecule has 0 saturated carbocycles. The summed E-state index contributed by atoms with van der Waals surface area (Å²) in [6.45, 7) is 3.62. The highest BCUT2D eigenvalue weighted by molar-refractivity contribution is 6.00. The van der Waals surface area contributed by atoms with Crippen molar-refractivity contribution in [3.8, 4) is 11.5 Å². The molecule has 2 aliphatic rings. The third kappa shape index (κ3) is 2.87. The van der Waals surface area contributed by atoms with Gasteiger partial charge in [-0.25, -0.2) is 0 Å². The van der Waals surface area contributed by atoms with Crippen LogP contribution in [0.3, 0.4) is 0 Å². The van der Waals surface area contributed by atoms with Crippen LogP contribution in [0.4, 0.5) is 5.69 Å². The lowest BCUT2D eigenvalue weighted by atomic mass is 9.96. The van der Waals surface area contributed by atoms with Crippen LogP contribution in [-0.2, 0) is 4.79 Å². The van der Waals surface area contributed by atoms with Gasteiger partial charge in [-0.05, 0) is 37.3 Å². The van der Waals surface area contributed by atoms with E-state index >= 15 is 0 Å². The molecule has 1 fully saturated rings. The molecule has 0 bridgehead atoms. The smallest absolute Gasteiger partial charge is 0.254 e. The number of ether oxygens (including phenoxy) is 2. The molecular weight excluding hydrogens is 332 g/mol. The SMILES string of the molecule is CCN(C(=O)C1CN(C(=O)c2ccc3c(c2)OCO3)C1)c1ccccc1. The van der Waals surface area contributed by atoms with E-state index in [9.17, 15) is 9.59 Å². The molecular formula is C20H20N2O4. The van der Waals surface area contributed by atoms with E-state index in [1.165, 1.54) is 0 Å². The zero-order valence-corrected chi connectivity index (χ0v) is 14.6. The number of carbonyl (C=O) groups is 2. The predicted octanol–water partition coefficient (Wildman–Crippen LogP) is 2.54. The van der Waals surface area contributed by atoms with Gasteiger partial charge in [-0.1, -0.05) is 18.2 Å². The molecule has 2 aliphatic heterocycles. The summed E-state index contributed by atoms with van der Waals surface area (Å²) in [4.78, 5) is 28.8. The molecule has 0 spiro atoms. The molecule has 0 aromatic heterocycles. The average molecular weight is 352 g/mol. The Labute approximate surface area is 151 Å². The number of rotatable bonds is 4. The monoisotopic (exact) mass is 352 g/mol. The molecule has 2 aromatic rings. The number of para-hydroxylation sites is 1. The summed E-state index contributed by atoms with van der Waals surface area (Å²) in [5, 5.41) is 0. The lowest BCUT2D eigenvalue weighted by molar-refractivity contribution is -0.126. The van der Waals surface area contributed by atoms with E-state index in [1.54, 1.807) is 28.0 Å². The van der Waals surface area contributed by atoms with Crippen molar-refractivity contribution in [1.29, 1.82) is 0 Å². The minimum atomic E-state index is -0.159. The highest BCUT2D eigenvalue weighted by atomic mass is 16.7. The van der Waals surface area contributed by atoms with Crippen molar-refractivity contribution in [2.45, 2.75) is 6.92 Å². The third-order valence-corrected chi connectivity index (χ3v) is 4.79. The van der Waals surface area contributed by atoms with Crippen molar-refractivity contribution in [1.82, 2.24) is 4.90 Å². The van der Waals surface area contributed by atoms with Crippen LogP contribution in [0.25, 0.3) is 0 Å². The van der Waals surface area contributed by atoms with Gasteiger partial charge >= 0.3 is 0 Å². The molecule has 0 aliphatic carbocycles. The fraction of sp³-hybridized carbons (Fsp3) is 0.300. The maximum Gasteiger partial charge on any atom is 0.254 e. The van der Waals surface area contributed by atoms with E-state index < -0.39 is 0 Å². The molecule has 4 rings (SSSR count). The van der Waals surface area contributed by atoms with Gasteiger partial charge in [-0.2, -0.15) is 0 Å². The van der Waals surface area contributed by atoms with Gasteiger partial charge in [0.15, 0.2) is 11.5 Å². The van der Waals surface area contributed by atoms with Gasteiger partial charge in [0.1, 0.15) is 0 Å². The minimum Gasteiger partial charge on any atom is -0.454 e. The molecule has 2 heterocycles. The number of fused-ring (bicyclic) bond motifs is 1. The van der Waals surface area contributed by atoms with E-state index in [1.807, 2.05) is 37.3 Å². The molecule has 0 unspecified atom stereocenters. The summed E-state index contributed by atoms with van der Waals surface area (Å²) < 4.78 is 10.6. The number of likely N-dealkylation sites (tertiary alicyclic amines) is 1. The first-order valence-electron chi connectivity index (χ1n) is 8.72. The molecule has 26 heavy (non-hydrogen) atoms. The van der Waals surface area contributed by atoms with Gasteiger partial charge in [0.05, 0.1) is 5.92 Å². The van der Waals surface area contributed by atoms with Crippen molar-refractivity contribution in [3.05, 3.63) is 54.1 Å². The van der Waals surface area contributed by atoms with Crippen LogP contribution in [0.5, 0.6) is 11.5 Å². The second-order valence-electron chi connectivity index (χ2n) is 6.39. The number of benzene rings is 2. The highest BCUT2D eigenvalue weighted by Crippen LogP contribution is 2.33. The first kappa shape index (κ1) is 16.4. The molecule has 2 amide bonds. The zero-order valence-electron chi connectivity index (χ0n) is 14.6. The lowest BCUT2D eigenvalue weighted by Gasteiger charge is -2.40. The Morgan fingerprint density at radius 2 is 1.81 bits per heavy atom. The quantitative estimate of drug-likeness (QED) is 0.848. The van der Waals surface area contributed by atoms with Crippen molar-refractivity contribution in [2.24, 2.45) is 5.92 Å². The molecule has 1 saturated heterocycles. The normalized spacial score (nSPS) is 15.5. The number of hydrogen-bond acceptors (Lipinski definition) is 4. The van der Waals surface area contributed by atoms with Crippen molar-refractivity contribution in [2.75, 3.05) is 31.3 Å². The third-order valence-electron chi connectivity index (χ3n) is 4.79. The van der Waals surface area contributed by atoms with E-state index in [-0.39, 0.29) is 24.5 Å². The second-order valence-corrected chi connectivity index (χ2v) is 6.39. The summed E-state index contributed by atoms with van der Waals surface area (Å²) in [6.07, 6.45) is 0. The average Bonchev–Trinajstić information content (AvgIpc) is 3.09. The molecule has 0 atom stereocenters. The molecule has 6 heteroatoms. The van der Waals surface area contributed by atoms with Crippen LogP contribution in [0.2, 0.25) is 0 Å². The van der Waals surface area contributed by atoms with E-state index in [0.29, 0.717) is 36.7 Å². The van der Waals surface area contributed by atoms with Gasteiger partial charge in [-0.15, -0.1) is 0 Å². The molecule has 0 radical (unpaired) electrons. The highest BCUT2D eigenvalue weighted by Gasteiger charge is 2.38. The Morgan fingerprint density at radius 1 is 1.08 bits per heavy atom. The first-order valence-corrected chi connectivity index (χ1v) is 8.72. The van der Waals surface area contributed by atoms with Gasteiger partial charge in [0.2, 0.25) is 12.7 Å². The largest absolute Gasteiger partial charge is 0.454 e. The van der Waals surface area contributed by atoms with E-state index in [2.05, 4.69) is 0 Å². The Balaban J connectivity index is 1.40. The molecule has 0 N–H and O–H groups in total. The summed E-state index contributed by atoms with van der Waals surface area (Å²) in [5.74, 6) is 1.06. The number of carbonyl (C=O) groups excluding carboxylic acids is 2. The summed E-state index contributed by atoms with van der Waals surface area (Å²) in [7, 11) is 0. The van der Waals surface area contributed by atoms with Crippen LogP contribution < -0.4 is 14.4 Å². The lowest BCUT2D eigenvalue weighted by Crippen LogP contribution is -2.56. The van der Waals surface area contributed by atoms with E-state index in [4.69, 9.17) is 9.47 Å². The number of nitrogens with zero attached hydrogens (tertiary/aromatic N) is 2. The van der Waals surface area contributed by atoms with Gasteiger partial charge in [0.25, 0.3) is 5.91 Å². The standard InChI is InChI=1S/C20H20N2O4/c1-2-22(16-6-4-3-5-7-16)20(24)15-11-21(12-15)19(23)14-8-9-17-18(10-14)26-13-25-17/h3-10,15H,2,11-13H2,1H3. The maximum atomic E-state index is 12.8. The Hall–Kier alpha value is -3.02. The van der Waals surface area contributed by atoms with Gasteiger partial charge in [0, 0.05) is 30.9 Å². The maximum absolute atomic E-state index is 12.8. The van der Waals surface area contributed by atoms with Crippen molar-refractivity contribution >= 4 is 17.5 Å². The predicted molar refractivity (Wildman–Crippen MR) is 96.4 cm³/mol. The van der Waals surface area contributed by atoms with Crippen LogP contribution in [0.1, 0.15) is 17.3 Å². The molecule has 2 aromatic carbocycles. The number of anilines is 1. The Morgan fingerprint density at radius 3 is 2.54 bits per heavy atom. The van der Waals surface area contributed by atoms with E-state index in [0.717, 1.165) is 5.69 Å². The summed E-state index contributed by atoms with van der Waals surface area (Å²) >= 11 is 0. The zero-order chi connectivity index (χ0) is 18.1. The fourth-order valence-corrected chi connectivity index (χ4v) is 3.31. The minimum absolute atomic E-state index is 0.0634. The first-order chi connectivity index (χ1) is 12.7. The second kappa shape index (κ2) is 6.71. The van der Waals surface area contributed by atoms with Gasteiger partial charge in [-0.3, -0.25) is 9.59 Å². The van der Waals surface area contributed by atoms with Gasteiger partial charge < -0.3 is 19.3 Å². The number of hydrogen-bond donors (Lipinski definition) is 0. The summed E-state index contributed by atoms with van der Waals surface area (Å²) in [5.41, 5.74) is 1.44. The Bertz CT molecular complexity index is 831. The van der Waals surface area contributed by atoms with Crippen molar-refractivity contribution < 1.29 is 19.1 Å². The van der Waals surface area contributed by atoms with Crippen LogP contribution >= 0.6 is 0 Å². The van der Waals surface area contributed by atoms with Crippen LogP contribution in [0, 0.1) is 5.92 Å². The van der Waals surface area contributed by atoms with Crippen LogP contribution in [0.15, 0.2) is 48.5 Å². The molecule has 6 nitrogen and oxygen atoms in total. The summed E-state index contributed by atoms with van der Waals surface area (Å²) in [6, 6.07) is 14.8. The topological polar surface area (TPSA) is 59.1 Å². The Kier molecular flexibility index (Phi) is 4.24. The van der Waals surface area contributed by atoms with Crippen LogP contribution in [-0.4, -0.2) is 43.1 Å². The molecule has 134 valence electrons. The number of amides is 2. The fourth-order valence-electron chi connectivity index (χ4n) is 3.31. The van der Waals surface area contributed by atoms with Crippen molar-refractivity contribution in [3.63, 3.8) is 0 Å².